The van der Waals surface area contributed by atoms with Crippen molar-refractivity contribution in [2.24, 2.45) is 0 Å². The molecule has 0 aromatic heterocycles. The van der Waals surface area contributed by atoms with Gasteiger partial charge >= 0.3 is 0 Å². The Kier molecular flexibility index (Phi) is 7.77. The molecule has 0 atom stereocenters. The van der Waals surface area contributed by atoms with Crippen molar-refractivity contribution in [3.8, 4) is 6.07 Å². The average molecular weight is 448 g/mol. The molecule has 0 spiro atoms. The molecular formula is C25H25N3O3S. The lowest BCUT2D eigenvalue weighted by Gasteiger charge is -2.26. The summed E-state index contributed by atoms with van der Waals surface area (Å²) in [5.74, 6) is -0.274. The van der Waals surface area contributed by atoms with Crippen LogP contribution >= 0.6 is 0 Å². The van der Waals surface area contributed by atoms with Crippen LogP contribution in [0, 0.1) is 11.3 Å². The molecule has 3 aromatic rings. The maximum Gasteiger partial charge on any atom is 0.243 e. The van der Waals surface area contributed by atoms with Gasteiger partial charge in [0.25, 0.3) is 0 Å². The van der Waals surface area contributed by atoms with Crippen molar-refractivity contribution in [3.05, 3.63) is 102 Å². The molecule has 0 fully saturated rings. The van der Waals surface area contributed by atoms with Gasteiger partial charge in [-0.1, -0.05) is 60.7 Å². The van der Waals surface area contributed by atoms with Gasteiger partial charge < -0.3 is 4.90 Å². The first kappa shape index (κ1) is 23.2. The van der Waals surface area contributed by atoms with E-state index in [4.69, 9.17) is 5.26 Å². The number of amides is 1. The van der Waals surface area contributed by atoms with E-state index in [2.05, 4.69) is 0 Å². The summed E-state index contributed by atoms with van der Waals surface area (Å²) in [4.78, 5) is 14.9. The number of likely N-dealkylation sites (N-methyl/N-ethyl adjacent to an activating group) is 1. The summed E-state index contributed by atoms with van der Waals surface area (Å²) in [6, 6.07) is 27.1. The van der Waals surface area contributed by atoms with E-state index in [-0.39, 0.29) is 17.3 Å². The minimum atomic E-state index is -3.86. The predicted octanol–water partition coefficient (Wildman–Crippen LogP) is 3.45. The molecule has 0 saturated carbocycles. The van der Waals surface area contributed by atoms with E-state index in [0.29, 0.717) is 25.1 Å². The summed E-state index contributed by atoms with van der Waals surface area (Å²) in [5.41, 5.74) is 2.46. The van der Waals surface area contributed by atoms with Crippen molar-refractivity contribution in [2.75, 3.05) is 20.1 Å². The number of carbonyl (C=O) groups is 1. The van der Waals surface area contributed by atoms with E-state index in [1.54, 1.807) is 4.90 Å². The van der Waals surface area contributed by atoms with Crippen molar-refractivity contribution >= 4 is 15.9 Å². The Morgan fingerprint density at radius 1 is 0.875 bits per heavy atom. The van der Waals surface area contributed by atoms with Crippen molar-refractivity contribution in [3.63, 3.8) is 0 Å². The first-order valence-electron chi connectivity index (χ1n) is 10.2. The zero-order valence-electron chi connectivity index (χ0n) is 17.9. The summed E-state index contributed by atoms with van der Waals surface area (Å²) >= 11 is 0. The maximum absolute atomic E-state index is 13.1. The second kappa shape index (κ2) is 10.7. The summed E-state index contributed by atoms with van der Waals surface area (Å²) < 4.78 is 26.9. The Labute approximate surface area is 189 Å². The van der Waals surface area contributed by atoms with E-state index >= 15 is 0 Å². The van der Waals surface area contributed by atoms with Gasteiger partial charge in [-0.3, -0.25) is 4.79 Å². The Balaban J connectivity index is 1.74. The van der Waals surface area contributed by atoms with Crippen LogP contribution in [0.25, 0.3) is 0 Å². The fourth-order valence-electron chi connectivity index (χ4n) is 3.26. The fourth-order valence-corrected chi connectivity index (χ4v) is 4.38. The zero-order valence-corrected chi connectivity index (χ0v) is 18.7. The third kappa shape index (κ3) is 6.03. The number of nitrogens with zero attached hydrogens (tertiary/aromatic N) is 3. The van der Waals surface area contributed by atoms with Crippen molar-refractivity contribution in [1.29, 1.82) is 5.26 Å². The quantitative estimate of drug-likeness (QED) is 0.503. The Bertz CT molecular complexity index is 1170. The average Bonchev–Trinajstić information content (AvgIpc) is 2.83. The monoisotopic (exact) mass is 447 g/mol. The first-order chi connectivity index (χ1) is 15.4. The molecule has 0 saturated heterocycles. The highest BCUT2D eigenvalue weighted by molar-refractivity contribution is 7.89. The second-order valence-corrected chi connectivity index (χ2v) is 9.48. The predicted molar refractivity (Wildman–Crippen MR) is 123 cm³/mol. The highest BCUT2D eigenvalue weighted by Crippen LogP contribution is 2.16. The van der Waals surface area contributed by atoms with Crippen LogP contribution in [0.5, 0.6) is 0 Å². The van der Waals surface area contributed by atoms with Crippen molar-refractivity contribution in [1.82, 2.24) is 9.21 Å². The molecular weight excluding hydrogens is 422 g/mol. The highest BCUT2D eigenvalue weighted by Gasteiger charge is 2.25. The Morgan fingerprint density at radius 2 is 1.44 bits per heavy atom. The molecule has 0 aliphatic rings. The van der Waals surface area contributed by atoms with Gasteiger partial charge in [-0.05, 0) is 41.8 Å². The normalized spacial score (nSPS) is 11.2. The fraction of sp³-hybridized carbons (Fsp3) is 0.200. The molecule has 3 aromatic carbocycles. The van der Waals surface area contributed by atoms with Gasteiger partial charge in [-0.15, -0.1) is 0 Å². The molecule has 3 rings (SSSR count). The van der Waals surface area contributed by atoms with Gasteiger partial charge in [0, 0.05) is 20.1 Å². The van der Waals surface area contributed by atoms with E-state index in [1.165, 1.54) is 31.3 Å². The lowest BCUT2D eigenvalue weighted by molar-refractivity contribution is -0.131. The molecule has 6 nitrogen and oxygen atoms in total. The van der Waals surface area contributed by atoms with Gasteiger partial charge in [0.15, 0.2) is 0 Å². The van der Waals surface area contributed by atoms with Gasteiger partial charge in [-0.25, -0.2) is 8.42 Å². The van der Waals surface area contributed by atoms with Gasteiger partial charge in [0.2, 0.25) is 15.9 Å². The van der Waals surface area contributed by atoms with Crippen molar-refractivity contribution in [2.45, 2.75) is 17.9 Å². The number of rotatable bonds is 9. The number of hydrogen-bond acceptors (Lipinski definition) is 4. The third-order valence-electron chi connectivity index (χ3n) is 5.13. The second-order valence-electron chi connectivity index (χ2n) is 7.43. The van der Waals surface area contributed by atoms with E-state index in [0.717, 1.165) is 15.4 Å². The molecule has 164 valence electrons. The standard InChI is InChI=1S/C25H25N3O3S/c1-27(32(30,31)24-14-12-22(18-26)13-15-24)20-25(29)28(19-23-10-6-3-7-11-23)17-16-21-8-4-2-5-9-21/h2-15H,16-17,19-20H2,1H3. The summed E-state index contributed by atoms with van der Waals surface area (Å²) in [7, 11) is -2.46. The topological polar surface area (TPSA) is 81.5 Å². The summed E-state index contributed by atoms with van der Waals surface area (Å²) in [6.07, 6.45) is 0.672. The van der Waals surface area contributed by atoms with Crippen LogP contribution in [0.3, 0.4) is 0 Å². The molecule has 0 aliphatic heterocycles. The van der Waals surface area contributed by atoms with Crippen LogP contribution in [0.2, 0.25) is 0 Å². The smallest absolute Gasteiger partial charge is 0.243 e. The van der Waals surface area contributed by atoms with Gasteiger partial charge in [0.1, 0.15) is 0 Å². The first-order valence-corrected chi connectivity index (χ1v) is 11.7. The van der Waals surface area contributed by atoms with E-state index < -0.39 is 10.0 Å². The molecule has 0 aliphatic carbocycles. The van der Waals surface area contributed by atoms with Crippen LogP contribution in [0.4, 0.5) is 0 Å². The van der Waals surface area contributed by atoms with Gasteiger partial charge in [0.05, 0.1) is 23.1 Å². The van der Waals surface area contributed by atoms with Crippen LogP contribution < -0.4 is 0 Å². The molecule has 0 bridgehead atoms. The Morgan fingerprint density at radius 3 is 2.00 bits per heavy atom. The molecule has 0 heterocycles. The summed E-state index contributed by atoms with van der Waals surface area (Å²) in [5, 5.41) is 8.91. The maximum atomic E-state index is 13.1. The number of nitriles is 1. The van der Waals surface area contributed by atoms with Crippen LogP contribution in [0.1, 0.15) is 16.7 Å². The number of hydrogen-bond donors (Lipinski definition) is 0. The SMILES string of the molecule is CN(CC(=O)N(CCc1ccccc1)Cc1ccccc1)S(=O)(=O)c1ccc(C#N)cc1. The number of carbonyl (C=O) groups excluding carboxylic acids is 1. The van der Waals surface area contributed by atoms with E-state index in [1.807, 2.05) is 66.7 Å². The van der Waals surface area contributed by atoms with Crippen LogP contribution in [-0.2, 0) is 27.8 Å². The van der Waals surface area contributed by atoms with Crippen LogP contribution in [0.15, 0.2) is 89.8 Å². The summed E-state index contributed by atoms with van der Waals surface area (Å²) in [6.45, 7) is 0.601. The van der Waals surface area contributed by atoms with E-state index in [9.17, 15) is 13.2 Å². The molecule has 0 N–H and O–H groups in total. The molecule has 7 heteroatoms. The zero-order chi connectivity index (χ0) is 23.0. The number of sulfonamides is 1. The lowest BCUT2D eigenvalue weighted by Crippen LogP contribution is -2.41. The molecule has 32 heavy (non-hydrogen) atoms. The van der Waals surface area contributed by atoms with Gasteiger partial charge in [-0.2, -0.15) is 9.57 Å². The third-order valence-corrected chi connectivity index (χ3v) is 6.95. The number of benzene rings is 3. The lowest BCUT2D eigenvalue weighted by atomic mass is 10.1. The molecule has 1 amide bonds. The largest absolute Gasteiger partial charge is 0.337 e. The van der Waals surface area contributed by atoms with Crippen molar-refractivity contribution < 1.29 is 13.2 Å². The highest BCUT2D eigenvalue weighted by atomic mass is 32.2. The van der Waals surface area contributed by atoms with Crippen LogP contribution in [-0.4, -0.2) is 43.7 Å². The minimum Gasteiger partial charge on any atom is -0.337 e. The molecule has 0 radical (unpaired) electrons. The Hall–Kier alpha value is -3.47. The molecule has 0 unspecified atom stereocenters. The minimum absolute atomic E-state index is 0.0469.